The number of nitro benzene ring substituents is 1. The molecule has 36 heavy (non-hydrogen) atoms. The first-order valence-corrected chi connectivity index (χ1v) is 11.4. The van der Waals surface area contributed by atoms with Crippen LogP contribution in [0.1, 0.15) is 5.56 Å². The number of ether oxygens (including phenoxy) is 1. The maximum Gasteiger partial charge on any atom is 0.288 e. The number of rotatable bonds is 7. The molecule has 0 spiro atoms. The van der Waals surface area contributed by atoms with E-state index in [2.05, 4.69) is 20.3 Å². The lowest BCUT2D eigenvalue weighted by Crippen LogP contribution is -2.05. The van der Waals surface area contributed by atoms with Crippen molar-refractivity contribution in [3.05, 3.63) is 92.8 Å². The molecule has 0 saturated heterocycles. The molecule has 3 heterocycles. The largest absolute Gasteiger partial charge is 0.491 e. The van der Waals surface area contributed by atoms with Gasteiger partial charge in [0.1, 0.15) is 10.7 Å². The van der Waals surface area contributed by atoms with Crippen molar-refractivity contribution in [1.29, 1.82) is 0 Å². The Morgan fingerprint density at radius 2 is 1.89 bits per heavy atom. The second-order valence-electron chi connectivity index (χ2n) is 7.61. The highest BCUT2D eigenvalue weighted by Gasteiger charge is 2.22. The molecule has 5 rings (SSSR count). The summed E-state index contributed by atoms with van der Waals surface area (Å²) in [6, 6.07) is 13.9. The summed E-state index contributed by atoms with van der Waals surface area (Å²) in [5.41, 5.74) is 2.22. The number of nitrogens with zero attached hydrogens (tertiary/aromatic N) is 6. The topological polar surface area (TPSA) is 121 Å². The van der Waals surface area contributed by atoms with E-state index in [0.717, 1.165) is 16.6 Å². The normalized spacial score (nSPS) is 11.0. The van der Waals surface area contributed by atoms with Crippen molar-refractivity contribution >= 4 is 51.3 Å². The zero-order valence-electron chi connectivity index (χ0n) is 18.7. The molecule has 10 nitrogen and oxygen atoms in total. The number of anilines is 2. The zero-order chi connectivity index (χ0) is 25.2. The predicted octanol–water partition coefficient (Wildman–Crippen LogP) is 5.90. The molecule has 0 amide bonds. The van der Waals surface area contributed by atoms with E-state index in [1.807, 2.05) is 24.3 Å². The molecule has 3 aromatic heterocycles. The summed E-state index contributed by atoms with van der Waals surface area (Å²) < 4.78 is 7.10. The number of halogens is 2. The summed E-state index contributed by atoms with van der Waals surface area (Å²) in [5.74, 6) is 1.27. The number of benzene rings is 2. The molecule has 1 N–H and O–H groups in total. The first-order valence-electron chi connectivity index (χ1n) is 10.6. The summed E-state index contributed by atoms with van der Waals surface area (Å²) in [7, 11) is 1.53. The monoisotopic (exact) mass is 521 g/mol. The SMILES string of the molecule is COc1cnc(-c2nn(Cc3c(Cl)ccc([N+](=O)[O-])c3Cl)c3ccccc23)nc1Nc1ccncc1. The van der Waals surface area contributed by atoms with Crippen LogP contribution >= 0.6 is 23.2 Å². The lowest BCUT2D eigenvalue weighted by molar-refractivity contribution is -0.384. The molecule has 0 bridgehead atoms. The summed E-state index contributed by atoms with van der Waals surface area (Å²) in [6.45, 7) is 0.109. The van der Waals surface area contributed by atoms with Crippen LogP contribution in [-0.4, -0.2) is 36.8 Å². The average molecular weight is 522 g/mol. The van der Waals surface area contributed by atoms with Crippen LogP contribution in [0.3, 0.4) is 0 Å². The van der Waals surface area contributed by atoms with Crippen LogP contribution in [0.15, 0.2) is 67.1 Å². The zero-order valence-corrected chi connectivity index (χ0v) is 20.2. The number of nitro groups is 1. The standard InChI is InChI=1S/C24H17Cl2N7O3/c1-36-20-12-28-24(30-23(20)29-14-8-10-27-11-9-14)22-15-4-2-3-5-18(15)32(31-22)13-16-17(25)6-7-19(21(16)26)33(34)35/h2-12H,13H2,1H3,(H,27,28,29,30). The first-order chi connectivity index (χ1) is 17.5. The van der Waals surface area contributed by atoms with E-state index in [9.17, 15) is 10.1 Å². The molecule has 0 saturated carbocycles. The second-order valence-corrected chi connectivity index (χ2v) is 8.40. The molecule has 0 aliphatic heterocycles. The van der Waals surface area contributed by atoms with Crippen LogP contribution in [-0.2, 0) is 6.54 Å². The fraction of sp³-hybridized carbons (Fsp3) is 0.0833. The van der Waals surface area contributed by atoms with Crippen molar-refractivity contribution in [2.24, 2.45) is 0 Å². The van der Waals surface area contributed by atoms with Gasteiger partial charge in [-0.3, -0.25) is 19.8 Å². The molecule has 0 radical (unpaired) electrons. The molecule has 180 valence electrons. The van der Waals surface area contributed by atoms with Gasteiger partial charge in [0.05, 0.1) is 30.3 Å². The molecule has 12 heteroatoms. The first kappa shape index (κ1) is 23.5. The van der Waals surface area contributed by atoms with E-state index < -0.39 is 4.92 Å². The van der Waals surface area contributed by atoms with Crippen LogP contribution in [0.4, 0.5) is 17.2 Å². The minimum absolute atomic E-state index is 0.0295. The second kappa shape index (κ2) is 9.76. The van der Waals surface area contributed by atoms with E-state index in [1.165, 1.54) is 19.2 Å². The van der Waals surface area contributed by atoms with Gasteiger partial charge in [0.2, 0.25) is 0 Å². The van der Waals surface area contributed by atoms with E-state index in [0.29, 0.717) is 33.7 Å². The summed E-state index contributed by atoms with van der Waals surface area (Å²) in [6.07, 6.45) is 4.89. The number of pyridine rings is 1. The summed E-state index contributed by atoms with van der Waals surface area (Å²) in [4.78, 5) is 24.0. The maximum atomic E-state index is 11.4. The van der Waals surface area contributed by atoms with Gasteiger partial charge in [-0.2, -0.15) is 5.10 Å². The summed E-state index contributed by atoms with van der Waals surface area (Å²) >= 11 is 12.7. The van der Waals surface area contributed by atoms with E-state index in [4.69, 9.17) is 33.0 Å². The summed E-state index contributed by atoms with van der Waals surface area (Å²) in [5, 5.41) is 20.4. The number of aromatic nitrogens is 5. The van der Waals surface area contributed by atoms with Gasteiger partial charge in [-0.15, -0.1) is 0 Å². The molecule has 0 unspecified atom stereocenters. The molecule has 0 aliphatic carbocycles. The fourth-order valence-electron chi connectivity index (χ4n) is 3.73. The molecule has 0 aliphatic rings. The van der Waals surface area contributed by atoms with Crippen LogP contribution < -0.4 is 10.1 Å². The van der Waals surface area contributed by atoms with Gasteiger partial charge in [0, 0.05) is 40.1 Å². The highest BCUT2D eigenvalue weighted by atomic mass is 35.5. The van der Waals surface area contributed by atoms with Crippen molar-refractivity contribution < 1.29 is 9.66 Å². The Morgan fingerprint density at radius 3 is 2.64 bits per heavy atom. The van der Waals surface area contributed by atoms with Crippen LogP contribution in [0.5, 0.6) is 5.75 Å². The van der Waals surface area contributed by atoms with Crippen LogP contribution in [0, 0.1) is 10.1 Å². The lowest BCUT2D eigenvalue weighted by atomic mass is 10.1. The van der Waals surface area contributed by atoms with Crippen LogP contribution in [0.2, 0.25) is 10.0 Å². The number of methoxy groups -OCH3 is 1. The highest BCUT2D eigenvalue weighted by Crippen LogP contribution is 2.35. The smallest absolute Gasteiger partial charge is 0.288 e. The van der Waals surface area contributed by atoms with Gasteiger partial charge >= 0.3 is 0 Å². The van der Waals surface area contributed by atoms with E-state index in [-0.39, 0.29) is 17.3 Å². The van der Waals surface area contributed by atoms with Crippen molar-refractivity contribution in [3.63, 3.8) is 0 Å². The quantitative estimate of drug-likeness (QED) is 0.207. The molecular formula is C24H17Cl2N7O3. The van der Waals surface area contributed by atoms with E-state index >= 15 is 0 Å². The number of hydrogen-bond donors (Lipinski definition) is 1. The third-order valence-corrected chi connectivity index (χ3v) is 6.23. The number of nitrogens with one attached hydrogen (secondary N) is 1. The van der Waals surface area contributed by atoms with Gasteiger partial charge in [-0.1, -0.05) is 41.4 Å². The third-order valence-electron chi connectivity index (χ3n) is 5.46. The minimum atomic E-state index is -0.544. The molecule has 5 aromatic rings. The highest BCUT2D eigenvalue weighted by molar-refractivity contribution is 6.37. The Bertz CT molecular complexity index is 1590. The molecular weight excluding hydrogens is 505 g/mol. The van der Waals surface area contributed by atoms with Crippen LogP contribution in [0.25, 0.3) is 22.4 Å². The van der Waals surface area contributed by atoms with Gasteiger partial charge in [0.15, 0.2) is 17.4 Å². The number of hydrogen-bond acceptors (Lipinski definition) is 8. The average Bonchev–Trinajstić information content (AvgIpc) is 3.25. The van der Waals surface area contributed by atoms with Crippen molar-refractivity contribution in [2.75, 3.05) is 12.4 Å². The van der Waals surface area contributed by atoms with E-state index in [1.54, 1.807) is 35.4 Å². The van der Waals surface area contributed by atoms with Crippen molar-refractivity contribution in [2.45, 2.75) is 6.54 Å². The van der Waals surface area contributed by atoms with Gasteiger partial charge < -0.3 is 10.1 Å². The van der Waals surface area contributed by atoms with Gasteiger partial charge in [0.25, 0.3) is 5.69 Å². The molecule has 0 fully saturated rings. The Hall–Kier alpha value is -4.28. The Balaban J connectivity index is 1.60. The van der Waals surface area contributed by atoms with Gasteiger partial charge in [-0.25, -0.2) is 9.97 Å². The minimum Gasteiger partial charge on any atom is -0.491 e. The Labute approximate surface area is 214 Å². The lowest BCUT2D eigenvalue weighted by Gasteiger charge is -2.10. The molecule has 0 atom stereocenters. The van der Waals surface area contributed by atoms with Gasteiger partial charge in [-0.05, 0) is 24.3 Å². The maximum absolute atomic E-state index is 11.4. The fourth-order valence-corrected chi connectivity index (χ4v) is 4.29. The van der Waals surface area contributed by atoms with Crippen molar-refractivity contribution in [1.82, 2.24) is 24.7 Å². The number of para-hydroxylation sites is 1. The predicted molar refractivity (Wildman–Crippen MR) is 137 cm³/mol. The Kier molecular flexibility index (Phi) is 6.36. The Morgan fingerprint density at radius 1 is 1.11 bits per heavy atom. The molecule has 2 aromatic carbocycles. The third kappa shape index (κ3) is 4.39. The number of fused-ring (bicyclic) bond motifs is 1. The van der Waals surface area contributed by atoms with Crippen molar-refractivity contribution in [3.8, 4) is 17.3 Å².